The van der Waals surface area contributed by atoms with Gasteiger partial charge in [0, 0.05) is 18.8 Å². The van der Waals surface area contributed by atoms with Crippen molar-refractivity contribution < 1.29 is 19.4 Å². The Morgan fingerprint density at radius 3 is 2.65 bits per heavy atom. The molecule has 3 aliphatic carbocycles. The van der Waals surface area contributed by atoms with Crippen LogP contribution in [0.5, 0.6) is 0 Å². The van der Waals surface area contributed by atoms with Crippen LogP contribution in [0.15, 0.2) is 23.8 Å². The van der Waals surface area contributed by atoms with Crippen LogP contribution in [0.2, 0.25) is 0 Å². The summed E-state index contributed by atoms with van der Waals surface area (Å²) < 4.78 is 5.33. The standard InChI is InChI=1S/C22H32O4/c1-6-20(3)9-7-16-15(12-20)17(24)11-18-21(16,4)10-8-19(25)22(18,5)13-26-14(2)23/h6,18-19,25H,1,7-13H2,2-5H3. The highest BCUT2D eigenvalue weighted by Crippen LogP contribution is 2.62. The molecule has 0 spiro atoms. The van der Waals surface area contributed by atoms with E-state index in [0.29, 0.717) is 12.8 Å². The molecule has 1 N–H and O–H groups in total. The zero-order valence-electron chi connectivity index (χ0n) is 16.6. The molecule has 1 saturated carbocycles. The number of ether oxygens (including phenoxy) is 1. The fourth-order valence-corrected chi connectivity index (χ4v) is 5.71. The summed E-state index contributed by atoms with van der Waals surface area (Å²) in [5.41, 5.74) is 1.58. The number of esters is 1. The van der Waals surface area contributed by atoms with Gasteiger partial charge < -0.3 is 9.84 Å². The van der Waals surface area contributed by atoms with Gasteiger partial charge in [-0.2, -0.15) is 0 Å². The van der Waals surface area contributed by atoms with Crippen LogP contribution in [0, 0.1) is 22.2 Å². The van der Waals surface area contributed by atoms with Gasteiger partial charge in [-0.15, -0.1) is 6.58 Å². The maximum absolute atomic E-state index is 13.1. The zero-order chi connectivity index (χ0) is 19.3. The first-order chi connectivity index (χ1) is 12.1. The van der Waals surface area contributed by atoms with Crippen LogP contribution in [-0.4, -0.2) is 29.6 Å². The predicted molar refractivity (Wildman–Crippen MR) is 100 cm³/mol. The molecule has 0 amide bonds. The van der Waals surface area contributed by atoms with E-state index in [-0.39, 0.29) is 35.1 Å². The molecule has 0 saturated heterocycles. The van der Waals surface area contributed by atoms with Gasteiger partial charge in [0.2, 0.25) is 0 Å². The largest absolute Gasteiger partial charge is 0.465 e. The summed E-state index contributed by atoms with van der Waals surface area (Å²) in [6.07, 6.45) is 6.11. The van der Waals surface area contributed by atoms with Crippen LogP contribution in [0.4, 0.5) is 0 Å². The summed E-state index contributed by atoms with van der Waals surface area (Å²) in [4.78, 5) is 24.5. The molecule has 0 aromatic heterocycles. The fourth-order valence-electron chi connectivity index (χ4n) is 5.71. The summed E-state index contributed by atoms with van der Waals surface area (Å²) in [6.45, 7) is 12.0. The molecule has 26 heavy (non-hydrogen) atoms. The van der Waals surface area contributed by atoms with Crippen molar-refractivity contribution in [1.82, 2.24) is 0 Å². The Morgan fingerprint density at radius 2 is 2.04 bits per heavy atom. The van der Waals surface area contributed by atoms with E-state index in [1.807, 2.05) is 13.0 Å². The Bertz CT molecular complexity index is 678. The lowest BCUT2D eigenvalue weighted by Gasteiger charge is -2.58. The minimum absolute atomic E-state index is 0.00237. The van der Waals surface area contributed by atoms with Crippen LogP contribution in [0.25, 0.3) is 0 Å². The molecule has 0 aromatic carbocycles. The highest BCUT2D eigenvalue weighted by Gasteiger charge is 2.59. The molecule has 4 nitrogen and oxygen atoms in total. The Hall–Kier alpha value is -1.42. The molecule has 0 radical (unpaired) electrons. The Labute approximate surface area is 156 Å². The lowest BCUT2D eigenvalue weighted by molar-refractivity contribution is -0.163. The third-order valence-corrected chi connectivity index (χ3v) is 7.65. The second-order valence-corrected chi connectivity index (χ2v) is 9.43. The van der Waals surface area contributed by atoms with E-state index in [2.05, 4.69) is 20.4 Å². The molecule has 0 aliphatic heterocycles. The zero-order valence-corrected chi connectivity index (χ0v) is 16.6. The van der Waals surface area contributed by atoms with Crippen LogP contribution in [0.3, 0.4) is 0 Å². The Morgan fingerprint density at radius 1 is 1.35 bits per heavy atom. The molecule has 3 rings (SSSR count). The van der Waals surface area contributed by atoms with E-state index in [0.717, 1.165) is 31.3 Å². The number of ketones is 1. The minimum atomic E-state index is -0.591. The van der Waals surface area contributed by atoms with Crippen LogP contribution < -0.4 is 0 Å². The van der Waals surface area contributed by atoms with Gasteiger partial charge in [-0.05, 0) is 54.4 Å². The summed E-state index contributed by atoms with van der Waals surface area (Å²) in [5.74, 6) is -0.136. The maximum Gasteiger partial charge on any atom is 0.302 e. The van der Waals surface area contributed by atoms with Gasteiger partial charge in [0.05, 0.1) is 12.7 Å². The molecular formula is C22H32O4. The summed E-state index contributed by atoms with van der Waals surface area (Å²) in [5, 5.41) is 10.8. The average molecular weight is 360 g/mol. The summed E-state index contributed by atoms with van der Waals surface area (Å²) in [6, 6.07) is 0. The van der Waals surface area contributed by atoms with Gasteiger partial charge in [-0.3, -0.25) is 9.59 Å². The smallest absolute Gasteiger partial charge is 0.302 e. The van der Waals surface area contributed by atoms with E-state index in [1.165, 1.54) is 12.5 Å². The number of Topliss-reactive ketones (excluding diaryl/α,β-unsaturated/α-hetero) is 1. The van der Waals surface area contributed by atoms with Crippen molar-refractivity contribution in [2.45, 2.75) is 72.3 Å². The van der Waals surface area contributed by atoms with Gasteiger partial charge in [-0.1, -0.05) is 32.4 Å². The van der Waals surface area contributed by atoms with Gasteiger partial charge in [-0.25, -0.2) is 0 Å². The third-order valence-electron chi connectivity index (χ3n) is 7.65. The van der Waals surface area contributed by atoms with Crippen LogP contribution in [-0.2, 0) is 14.3 Å². The first-order valence-corrected chi connectivity index (χ1v) is 9.76. The Kier molecular flexibility index (Phi) is 4.71. The van der Waals surface area contributed by atoms with Gasteiger partial charge in [0.1, 0.15) is 0 Å². The van der Waals surface area contributed by atoms with Gasteiger partial charge in [0.15, 0.2) is 5.78 Å². The van der Waals surface area contributed by atoms with E-state index in [9.17, 15) is 14.7 Å². The highest BCUT2D eigenvalue weighted by molar-refractivity contribution is 5.98. The molecule has 3 aliphatic rings. The maximum atomic E-state index is 13.1. The lowest BCUT2D eigenvalue weighted by Crippen LogP contribution is -2.57. The molecule has 5 atom stereocenters. The Balaban J connectivity index is 2.02. The number of carbonyl (C=O) groups is 2. The van der Waals surface area contributed by atoms with Crippen molar-refractivity contribution in [3.63, 3.8) is 0 Å². The highest BCUT2D eigenvalue weighted by atomic mass is 16.5. The number of aliphatic hydroxyl groups is 1. The van der Waals surface area contributed by atoms with Crippen LogP contribution >= 0.6 is 0 Å². The number of aliphatic hydroxyl groups excluding tert-OH is 1. The lowest BCUT2D eigenvalue weighted by atomic mass is 9.46. The van der Waals surface area contributed by atoms with E-state index in [4.69, 9.17) is 4.74 Å². The molecule has 144 valence electrons. The summed E-state index contributed by atoms with van der Waals surface area (Å²) >= 11 is 0. The van der Waals surface area contributed by atoms with Gasteiger partial charge in [0.25, 0.3) is 0 Å². The molecule has 0 aromatic rings. The second-order valence-electron chi connectivity index (χ2n) is 9.43. The molecule has 1 fully saturated rings. The van der Waals surface area contributed by atoms with Crippen LogP contribution in [0.1, 0.15) is 66.2 Å². The monoisotopic (exact) mass is 360 g/mol. The van der Waals surface area contributed by atoms with Crippen molar-refractivity contribution in [2.24, 2.45) is 22.2 Å². The van der Waals surface area contributed by atoms with Crippen molar-refractivity contribution in [2.75, 3.05) is 6.61 Å². The van der Waals surface area contributed by atoms with E-state index >= 15 is 0 Å². The first-order valence-electron chi connectivity index (χ1n) is 9.76. The molecular weight excluding hydrogens is 328 g/mol. The topological polar surface area (TPSA) is 63.6 Å². The minimum Gasteiger partial charge on any atom is -0.465 e. The number of carbonyl (C=O) groups excluding carboxylic acids is 2. The molecule has 0 bridgehead atoms. The molecule has 0 heterocycles. The van der Waals surface area contributed by atoms with Crippen molar-refractivity contribution in [3.8, 4) is 0 Å². The van der Waals surface area contributed by atoms with E-state index < -0.39 is 11.5 Å². The first kappa shape index (κ1) is 19.3. The second kappa shape index (κ2) is 6.33. The third kappa shape index (κ3) is 2.87. The average Bonchev–Trinajstić information content (AvgIpc) is 2.59. The van der Waals surface area contributed by atoms with Crippen molar-refractivity contribution in [3.05, 3.63) is 23.8 Å². The number of allylic oxidation sites excluding steroid dienone is 3. The molecule has 4 heteroatoms. The fraction of sp³-hybridized carbons (Fsp3) is 0.727. The quantitative estimate of drug-likeness (QED) is 0.611. The number of hydrogen-bond acceptors (Lipinski definition) is 4. The van der Waals surface area contributed by atoms with Crippen molar-refractivity contribution >= 4 is 11.8 Å². The van der Waals surface area contributed by atoms with E-state index in [1.54, 1.807) is 0 Å². The molecule has 5 unspecified atom stereocenters. The van der Waals surface area contributed by atoms with Gasteiger partial charge >= 0.3 is 5.97 Å². The number of rotatable bonds is 3. The SMILES string of the molecule is C=CC1(C)CCC2=C(C1)C(=O)CC1C2(C)CCC(O)C1(C)COC(C)=O. The van der Waals surface area contributed by atoms with Crippen molar-refractivity contribution in [1.29, 1.82) is 0 Å². The number of hydrogen-bond donors (Lipinski definition) is 1. The number of fused-ring (bicyclic) bond motifs is 2. The predicted octanol–water partition coefficient (Wildman–Crippen LogP) is 3.98. The normalized spacial score (nSPS) is 42.7. The summed E-state index contributed by atoms with van der Waals surface area (Å²) in [7, 11) is 0.